The number of amides is 2. The Labute approximate surface area is 175 Å². The number of methoxy groups -OCH3 is 2. The quantitative estimate of drug-likeness (QED) is 0.566. The van der Waals surface area contributed by atoms with Gasteiger partial charge in [0.1, 0.15) is 0 Å². The van der Waals surface area contributed by atoms with E-state index in [1.165, 1.54) is 14.2 Å². The second-order valence-electron chi connectivity index (χ2n) is 6.21. The zero-order valence-electron chi connectivity index (χ0n) is 16.7. The zero-order chi connectivity index (χ0) is 21.2. The van der Waals surface area contributed by atoms with E-state index in [-0.39, 0.29) is 16.9 Å². The van der Waals surface area contributed by atoms with Gasteiger partial charge in [-0.15, -0.1) is 0 Å². The standard InChI is InChI=1S/C21H25N3O4S/c1-4-5-9-19(25)22-15-7-6-8-16(13-15)23-21(29)24-20(26)14-10-11-17(27-2)18(12-14)28-3/h6-8,10-13H,4-5,9H2,1-3H3,(H,22,25)(H2,23,24,26,29). The van der Waals surface area contributed by atoms with Gasteiger partial charge < -0.3 is 20.1 Å². The van der Waals surface area contributed by atoms with Crippen molar-refractivity contribution >= 4 is 40.5 Å². The van der Waals surface area contributed by atoms with Crippen LogP contribution in [0.25, 0.3) is 0 Å². The van der Waals surface area contributed by atoms with Crippen molar-refractivity contribution in [3.05, 3.63) is 48.0 Å². The Kier molecular flexibility index (Phi) is 8.42. The summed E-state index contributed by atoms with van der Waals surface area (Å²) in [6, 6.07) is 12.0. The number of thiocarbonyl (C=S) groups is 1. The van der Waals surface area contributed by atoms with Crippen LogP contribution in [0.2, 0.25) is 0 Å². The number of rotatable bonds is 8. The monoisotopic (exact) mass is 415 g/mol. The number of anilines is 2. The molecular formula is C21H25N3O4S. The highest BCUT2D eigenvalue weighted by Gasteiger charge is 2.12. The highest BCUT2D eigenvalue weighted by atomic mass is 32.1. The Hall–Kier alpha value is -3.13. The highest BCUT2D eigenvalue weighted by molar-refractivity contribution is 7.80. The summed E-state index contributed by atoms with van der Waals surface area (Å²) in [6.07, 6.45) is 2.28. The van der Waals surface area contributed by atoms with E-state index >= 15 is 0 Å². The predicted molar refractivity (Wildman–Crippen MR) is 118 cm³/mol. The average molecular weight is 416 g/mol. The van der Waals surface area contributed by atoms with Crippen molar-refractivity contribution in [3.8, 4) is 11.5 Å². The van der Waals surface area contributed by atoms with Crippen LogP contribution >= 0.6 is 12.2 Å². The van der Waals surface area contributed by atoms with Gasteiger partial charge in [0.05, 0.1) is 14.2 Å². The Morgan fingerprint density at radius 2 is 1.66 bits per heavy atom. The Morgan fingerprint density at radius 3 is 2.31 bits per heavy atom. The Balaban J connectivity index is 1.97. The summed E-state index contributed by atoms with van der Waals surface area (Å²) in [5.41, 5.74) is 1.68. The Bertz CT molecular complexity index is 886. The first kappa shape index (κ1) is 22.2. The second-order valence-corrected chi connectivity index (χ2v) is 6.62. The van der Waals surface area contributed by atoms with Crippen molar-refractivity contribution in [2.24, 2.45) is 0 Å². The van der Waals surface area contributed by atoms with E-state index in [9.17, 15) is 9.59 Å². The lowest BCUT2D eigenvalue weighted by molar-refractivity contribution is -0.116. The second kappa shape index (κ2) is 11.0. The first-order valence-corrected chi connectivity index (χ1v) is 9.62. The molecule has 3 N–H and O–H groups in total. The van der Waals surface area contributed by atoms with Crippen LogP contribution in [-0.4, -0.2) is 31.1 Å². The predicted octanol–water partition coefficient (Wildman–Crippen LogP) is 3.96. The molecule has 154 valence electrons. The molecule has 0 fully saturated rings. The molecule has 0 bridgehead atoms. The van der Waals surface area contributed by atoms with Crippen LogP contribution in [0.4, 0.5) is 11.4 Å². The van der Waals surface area contributed by atoms with Gasteiger partial charge in [0.15, 0.2) is 16.6 Å². The van der Waals surface area contributed by atoms with Crippen molar-refractivity contribution in [1.29, 1.82) is 0 Å². The van der Waals surface area contributed by atoms with Crippen molar-refractivity contribution in [3.63, 3.8) is 0 Å². The first-order chi connectivity index (χ1) is 14.0. The van der Waals surface area contributed by atoms with Gasteiger partial charge in [0.25, 0.3) is 5.91 Å². The highest BCUT2D eigenvalue weighted by Crippen LogP contribution is 2.27. The van der Waals surface area contributed by atoms with Gasteiger partial charge in [-0.3, -0.25) is 14.9 Å². The summed E-state index contributed by atoms with van der Waals surface area (Å²) in [5.74, 6) is 0.564. The lowest BCUT2D eigenvalue weighted by atomic mass is 10.2. The molecule has 8 heteroatoms. The molecule has 0 saturated carbocycles. The van der Waals surface area contributed by atoms with Crippen molar-refractivity contribution in [2.75, 3.05) is 24.9 Å². The third kappa shape index (κ3) is 6.76. The van der Waals surface area contributed by atoms with Gasteiger partial charge in [0, 0.05) is 23.4 Å². The van der Waals surface area contributed by atoms with E-state index in [4.69, 9.17) is 21.7 Å². The molecule has 0 aliphatic rings. The largest absolute Gasteiger partial charge is 0.493 e. The molecule has 7 nitrogen and oxygen atoms in total. The molecule has 29 heavy (non-hydrogen) atoms. The molecule has 0 aliphatic carbocycles. The number of benzene rings is 2. The van der Waals surface area contributed by atoms with E-state index < -0.39 is 0 Å². The summed E-state index contributed by atoms with van der Waals surface area (Å²) in [4.78, 5) is 24.3. The SMILES string of the molecule is CCCCC(=O)Nc1cccc(NC(=S)NC(=O)c2ccc(OC)c(OC)c2)c1. The van der Waals surface area contributed by atoms with E-state index in [2.05, 4.69) is 16.0 Å². The van der Waals surface area contributed by atoms with Crippen LogP contribution in [0.5, 0.6) is 11.5 Å². The maximum Gasteiger partial charge on any atom is 0.257 e. The van der Waals surface area contributed by atoms with Gasteiger partial charge in [-0.05, 0) is 55.0 Å². The molecule has 0 aromatic heterocycles. The lowest BCUT2D eigenvalue weighted by Gasteiger charge is -2.12. The van der Waals surface area contributed by atoms with Crippen LogP contribution in [0, 0.1) is 0 Å². The van der Waals surface area contributed by atoms with E-state index in [1.807, 2.05) is 6.92 Å². The summed E-state index contributed by atoms with van der Waals surface area (Å²) in [5, 5.41) is 8.55. The molecular weight excluding hydrogens is 390 g/mol. The molecule has 0 saturated heterocycles. The minimum Gasteiger partial charge on any atom is -0.493 e. The minimum absolute atomic E-state index is 0.0340. The fourth-order valence-electron chi connectivity index (χ4n) is 2.55. The summed E-state index contributed by atoms with van der Waals surface area (Å²) in [7, 11) is 3.02. The molecule has 2 amide bonds. The molecule has 0 unspecified atom stereocenters. The van der Waals surface area contributed by atoms with Gasteiger partial charge in [-0.2, -0.15) is 0 Å². The van der Waals surface area contributed by atoms with Crippen molar-refractivity contribution < 1.29 is 19.1 Å². The minimum atomic E-state index is -0.382. The smallest absolute Gasteiger partial charge is 0.257 e. The Morgan fingerprint density at radius 1 is 0.966 bits per heavy atom. The molecule has 0 radical (unpaired) electrons. The fourth-order valence-corrected chi connectivity index (χ4v) is 2.76. The number of nitrogens with one attached hydrogen (secondary N) is 3. The molecule has 2 aromatic carbocycles. The molecule has 0 aliphatic heterocycles. The first-order valence-electron chi connectivity index (χ1n) is 9.21. The number of carbonyl (C=O) groups excluding carboxylic acids is 2. The van der Waals surface area contributed by atoms with Gasteiger partial charge in [0.2, 0.25) is 5.91 Å². The molecule has 0 atom stereocenters. The molecule has 0 spiro atoms. The molecule has 2 rings (SSSR count). The normalized spacial score (nSPS) is 10.0. The van der Waals surface area contributed by atoms with Crippen LogP contribution in [0.1, 0.15) is 36.5 Å². The van der Waals surface area contributed by atoms with Gasteiger partial charge in [-0.1, -0.05) is 19.4 Å². The third-order valence-corrected chi connectivity index (χ3v) is 4.24. The van der Waals surface area contributed by atoms with E-state index in [1.54, 1.807) is 42.5 Å². The van der Waals surface area contributed by atoms with Crippen molar-refractivity contribution in [2.45, 2.75) is 26.2 Å². The average Bonchev–Trinajstić information content (AvgIpc) is 2.71. The van der Waals surface area contributed by atoms with Crippen LogP contribution < -0.4 is 25.4 Å². The summed E-state index contributed by atoms with van der Waals surface area (Å²) < 4.78 is 10.4. The van der Waals surface area contributed by atoms with E-state index in [0.29, 0.717) is 34.9 Å². The van der Waals surface area contributed by atoms with Crippen LogP contribution in [-0.2, 0) is 4.79 Å². The maximum atomic E-state index is 12.4. The number of hydrogen-bond acceptors (Lipinski definition) is 5. The van der Waals surface area contributed by atoms with Gasteiger partial charge in [-0.25, -0.2) is 0 Å². The van der Waals surface area contributed by atoms with Crippen LogP contribution in [0.3, 0.4) is 0 Å². The number of carbonyl (C=O) groups is 2. The molecule has 0 heterocycles. The number of unbranched alkanes of at least 4 members (excludes halogenated alkanes) is 1. The number of hydrogen-bond donors (Lipinski definition) is 3. The fraction of sp³-hybridized carbons (Fsp3) is 0.286. The summed E-state index contributed by atoms with van der Waals surface area (Å²) in [6.45, 7) is 2.04. The van der Waals surface area contributed by atoms with Gasteiger partial charge >= 0.3 is 0 Å². The topological polar surface area (TPSA) is 88.7 Å². The van der Waals surface area contributed by atoms with Crippen LogP contribution in [0.15, 0.2) is 42.5 Å². The summed E-state index contributed by atoms with van der Waals surface area (Å²) >= 11 is 5.22. The van der Waals surface area contributed by atoms with E-state index in [0.717, 1.165) is 12.8 Å². The van der Waals surface area contributed by atoms with Crippen molar-refractivity contribution in [1.82, 2.24) is 5.32 Å². The third-order valence-electron chi connectivity index (χ3n) is 4.03. The lowest BCUT2D eigenvalue weighted by Crippen LogP contribution is -2.34. The zero-order valence-corrected chi connectivity index (χ0v) is 17.5. The maximum absolute atomic E-state index is 12.4. The molecule has 2 aromatic rings. The number of ether oxygens (including phenoxy) is 2.